The molecular weight excluding hydrogens is 218 g/mol. The van der Waals surface area contributed by atoms with Gasteiger partial charge < -0.3 is 19.5 Å². The predicted molar refractivity (Wildman–Crippen MR) is 67.7 cm³/mol. The van der Waals surface area contributed by atoms with Gasteiger partial charge in [0.2, 0.25) is 0 Å². The van der Waals surface area contributed by atoms with Crippen LogP contribution in [-0.2, 0) is 0 Å². The largest absolute Gasteiger partial charge is 0.493 e. The van der Waals surface area contributed by atoms with E-state index in [1.807, 2.05) is 26.2 Å². The molecule has 4 heteroatoms. The number of benzene rings is 1. The van der Waals surface area contributed by atoms with Crippen molar-refractivity contribution in [1.29, 1.82) is 0 Å². The molecule has 17 heavy (non-hydrogen) atoms. The molecule has 1 rings (SSSR count). The molecule has 1 aromatic rings. The zero-order chi connectivity index (χ0) is 12.8. The van der Waals surface area contributed by atoms with Crippen LogP contribution in [0.25, 0.3) is 0 Å². The molecule has 0 radical (unpaired) electrons. The Labute approximate surface area is 103 Å². The van der Waals surface area contributed by atoms with Crippen LogP contribution in [-0.4, -0.2) is 44.4 Å². The zero-order valence-corrected chi connectivity index (χ0v) is 10.9. The molecule has 1 atom stereocenters. The lowest BCUT2D eigenvalue weighted by atomic mass is 10.1. The Hall–Kier alpha value is -1.26. The third-order valence-electron chi connectivity index (χ3n) is 2.47. The fraction of sp³-hybridized carbons (Fsp3) is 0.538. The van der Waals surface area contributed by atoms with Crippen LogP contribution in [0.5, 0.6) is 11.5 Å². The van der Waals surface area contributed by atoms with Crippen LogP contribution in [0, 0.1) is 0 Å². The van der Waals surface area contributed by atoms with E-state index in [1.54, 1.807) is 20.1 Å². The van der Waals surface area contributed by atoms with Crippen LogP contribution >= 0.6 is 0 Å². The number of hydrogen-bond acceptors (Lipinski definition) is 4. The van der Waals surface area contributed by atoms with E-state index >= 15 is 0 Å². The lowest BCUT2D eigenvalue weighted by Gasteiger charge is -2.15. The molecule has 0 aliphatic carbocycles. The Kier molecular flexibility index (Phi) is 5.25. The van der Waals surface area contributed by atoms with Gasteiger partial charge >= 0.3 is 0 Å². The Morgan fingerprint density at radius 3 is 2.53 bits per heavy atom. The summed E-state index contributed by atoms with van der Waals surface area (Å²) >= 11 is 0. The topological polar surface area (TPSA) is 41.9 Å². The number of nitrogens with zero attached hydrogens (tertiary/aromatic N) is 1. The molecule has 4 nitrogen and oxygen atoms in total. The standard InChI is InChI=1S/C13H21NO3/c1-10(15)11-5-6-12(13(9-11)16-4)17-8-7-14(2)3/h5-6,9-10,15H,7-8H2,1-4H3/t10-/m1/s1. The first-order chi connectivity index (χ1) is 8.04. The summed E-state index contributed by atoms with van der Waals surface area (Å²) in [6, 6.07) is 5.48. The van der Waals surface area contributed by atoms with Gasteiger partial charge in [0, 0.05) is 6.54 Å². The number of likely N-dealkylation sites (N-methyl/N-ethyl adjacent to an activating group) is 1. The first-order valence-corrected chi connectivity index (χ1v) is 5.68. The second kappa shape index (κ2) is 6.47. The minimum absolute atomic E-state index is 0.500. The summed E-state index contributed by atoms with van der Waals surface area (Å²) in [6.45, 7) is 3.18. The van der Waals surface area contributed by atoms with Crippen LogP contribution in [0.15, 0.2) is 18.2 Å². The SMILES string of the molecule is COc1cc([C@@H](C)O)ccc1OCCN(C)C. The molecule has 0 amide bonds. The van der Waals surface area contributed by atoms with E-state index in [0.717, 1.165) is 12.1 Å². The number of aliphatic hydroxyl groups is 1. The minimum atomic E-state index is -0.500. The smallest absolute Gasteiger partial charge is 0.161 e. The third kappa shape index (κ3) is 4.24. The zero-order valence-electron chi connectivity index (χ0n) is 10.9. The fourth-order valence-electron chi connectivity index (χ4n) is 1.40. The highest BCUT2D eigenvalue weighted by atomic mass is 16.5. The van der Waals surface area contributed by atoms with E-state index in [9.17, 15) is 5.11 Å². The Bertz CT molecular complexity index is 351. The van der Waals surface area contributed by atoms with Crippen molar-refractivity contribution in [1.82, 2.24) is 4.90 Å². The van der Waals surface area contributed by atoms with Gasteiger partial charge in [-0.1, -0.05) is 6.07 Å². The van der Waals surface area contributed by atoms with Crippen molar-refractivity contribution in [3.8, 4) is 11.5 Å². The number of rotatable bonds is 6. The third-order valence-corrected chi connectivity index (χ3v) is 2.47. The van der Waals surface area contributed by atoms with Crippen LogP contribution in [0.2, 0.25) is 0 Å². The molecule has 0 saturated heterocycles. The number of methoxy groups -OCH3 is 1. The van der Waals surface area contributed by atoms with E-state index < -0.39 is 6.10 Å². The molecule has 0 aliphatic heterocycles. The van der Waals surface area contributed by atoms with Gasteiger partial charge in [0.1, 0.15) is 6.61 Å². The Balaban J connectivity index is 2.71. The molecule has 0 saturated carbocycles. The molecule has 0 aliphatic rings. The predicted octanol–water partition coefficient (Wildman–Crippen LogP) is 1.69. The van der Waals surface area contributed by atoms with E-state index in [1.165, 1.54) is 0 Å². The van der Waals surface area contributed by atoms with E-state index in [0.29, 0.717) is 18.1 Å². The molecule has 0 fully saturated rings. The molecule has 1 N–H and O–H groups in total. The summed E-state index contributed by atoms with van der Waals surface area (Å²) in [7, 11) is 5.59. The van der Waals surface area contributed by atoms with Crippen molar-refractivity contribution >= 4 is 0 Å². The lowest BCUT2D eigenvalue weighted by Crippen LogP contribution is -2.19. The maximum Gasteiger partial charge on any atom is 0.161 e. The quantitative estimate of drug-likeness (QED) is 0.820. The highest BCUT2D eigenvalue weighted by molar-refractivity contribution is 5.43. The summed E-state index contributed by atoms with van der Waals surface area (Å²) in [6.07, 6.45) is -0.500. The average molecular weight is 239 g/mol. The molecule has 0 unspecified atom stereocenters. The summed E-state index contributed by atoms with van der Waals surface area (Å²) in [5.74, 6) is 1.36. The van der Waals surface area contributed by atoms with Gasteiger partial charge in [0.05, 0.1) is 13.2 Å². The first kappa shape index (κ1) is 13.8. The van der Waals surface area contributed by atoms with Crippen LogP contribution < -0.4 is 9.47 Å². The molecule has 0 bridgehead atoms. The Morgan fingerprint density at radius 1 is 1.29 bits per heavy atom. The molecular formula is C13H21NO3. The van der Waals surface area contributed by atoms with E-state index in [2.05, 4.69) is 4.90 Å². The fourth-order valence-corrected chi connectivity index (χ4v) is 1.40. The second-order valence-electron chi connectivity index (χ2n) is 4.24. The molecule has 0 aromatic heterocycles. The van der Waals surface area contributed by atoms with Gasteiger partial charge in [-0.3, -0.25) is 0 Å². The maximum atomic E-state index is 9.48. The molecule has 0 spiro atoms. The van der Waals surface area contributed by atoms with Gasteiger partial charge in [-0.15, -0.1) is 0 Å². The van der Waals surface area contributed by atoms with Crippen molar-refractivity contribution in [3.05, 3.63) is 23.8 Å². The van der Waals surface area contributed by atoms with Crippen molar-refractivity contribution in [2.75, 3.05) is 34.4 Å². The van der Waals surface area contributed by atoms with Crippen LogP contribution in [0.1, 0.15) is 18.6 Å². The number of aliphatic hydroxyl groups excluding tert-OH is 1. The van der Waals surface area contributed by atoms with E-state index in [4.69, 9.17) is 9.47 Å². The highest BCUT2D eigenvalue weighted by Gasteiger charge is 2.08. The molecule has 96 valence electrons. The minimum Gasteiger partial charge on any atom is -0.493 e. The van der Waals surface area contributed by atoms with Gasteiger partial charge in [-0.25, -0.2) is 0 Å². The van der Waals surface area contributed by atoms with Gasteiger partial charge in [-0.2, -0.15) is 0 Å². The van der Waals surface area contributed by atoms with Gasteiger partial charge in [-0.05, 0) is 38.7 Å². The highest BCUT2D eigenvalue weighted by Crippen LogP contribution is 2.30. The number of ether oxygens (including phenoxy) is 2. The van der Waals surface area contributed by atoms with Gasteiger partial charge in [0.15, 0.2) is 11.5 Å². The molecule has 1 aromatic carbocycles. The summed E-state index contributed by atoms with van der Waals surface area (Å²) in [5.41, 5.74) is 0.821. The monoisotopic (exact) mass is 239 g/mol. The average Bonchev–Trinajstić information content (AvgIpc) is 2.28. The van der Waals surface area contributed by atoms with Crippen LogP contribution in [0.4, 0.5) is 0 Å². The van der Waals surface area contributed by atoms with Crippen molar-refractivity contribution in [2.45, 2.75) is 13.0 Å². The van der Waals surface area contributed by atoms with Crippen molar-refractivity contribution in [3.63, 3.8) is 0 Å². The Morgan fingerprint density at radius 2 is 2.00 bits per heavy atom. The van der Waals surface area contributed by atoms with Gasteiger partial charge in [0.25, 0.3) is 0 Å². The first-order valence-electron chi connectivity index (χ1n) is 5.68. The lowest BCUT2D eigenvalue weighted by molar-refractivity contribution is 0.198. The second-order valence-corrected chi connectivity index (χ2v) is 4.24. The maximum absolute atomic E-state index is 9.48. The summed E-state index contributed by atoms with van der Waals surface area (Å²) < 4.78 is 10.9. The molecule has 0 heterocycles. The van der Waals surface area contributed by atoms with Crippen molar-refractivity contribution in [2.24, 2.45) is 0 Å². The summed E-state index contributed by atoms with van der Waals surface area (Å²) in [4.78, 5) is 2.05. The van der Waals surface area contributed by atoms with E-state index in [-0.39, 0.29) is 0 Å². The van der Waals surface area contributed by atoms with Crippen LogP contribution in [0.3, 0.4) is 0 Å². The normalized spacial score (nSPS) is 12.6. The number of hydrogen-bond donors (Lipinski definition) is 1. The summed E-state index contributed by atoms with van der Waals surface area (Å²) in [5, 5.41) is 9.48. The van der Waals surface area contributed by atoms with Crippen molar-refractivity contribution < 1.29 is 14.6 Å².